The Morgan fingerprint density at radius 3 is 3.27 bits per heavy atom. The maximum Gasteiger partial charge on any atom is 0.0755 e. The van der Waals surface area contributed by atoms with Gasteiger partial charge in [0, 0.05) is 24.1 Å². The Balaban J connectivity index is 2.20. The number of pyridine rings is 1. The van der Waals surface area contributed by atoms with Gasteiger partial charge >= 0.3 is 0 Å². The van der Waals surface area contributed by atoms with E-state index in [4.69, 9.17) is 4.74 Å². The molecule has 1 atom stereocenters. The van der Waals surface area contributed by atoms with Crippen molar-refractivity contribution in [2.24, 2.45) is 0 Å². The summed E-state index contributed by atoms with van der Waals surface area (Å²) in [5.74, 6) is 0. The van der Waals surface area contributed by atoms with Crippen LogP contribution in [0.5, 0.6) is 0 Å². The third-order valence-corrected chi connectivity index (χ3v) is 2.65. The van der Waals surface area contributed by atoms with Crippen LogP contribution in [0.25, 0.3) is 0 Å². The Kier molecular flexibility index (Phi) is 3.18. The van der Waals surface area contributed by atoms with Gasteiger partial charge in [0.05, 0.1) is 25.9 Å². The molecule has 2 rings (SSSR count). The molecule has 4 nitrogen and oxygen atoms in total. The van der Waals surface area contributed by atoms with Gasteiger partial charge in [0.2, 0.25) is 0 Å². The molecule has 0 spiro atoms. The lowest BCUT2D eigenvalue weighted by Crippen LogP contribution is -2.47. The smallest absolute Gasteiger partial charge is 0.0755 e. The Hall–Kier alpha value is -1.13. The number of rotatable bonds is 2. The number of morpholine rings is 1. The van der Waals surface area contributed by atoms with Crippen LogP contribution in [0.3, 0.4) is 0 Å². The third kappa shape index (κ3) is 2.27. The number of anilines is 1. The summed E-state index contributed by atoms with van der Waals surface area (Å²) in [5, 5.41) is 9.25. The molecule has 0 aromatic carbocycles. The fraction of sp³-hybridized carbons (Fsp3) is 0.545. The molecule has 4 heteroatoms. The first-order valence-corrected chi connectivity index (χ1v) is 5.19. The van der Waals surface area contributed by atoms with Crippen LogP contribution in [0.1, 0.15) is 5.69 Å². The summed E-state index contributed by atoms with van der Waals surface area (Å²) in [6.45, 7) is 4.24. The predicted molar refractivity (Wildman–Crippen MR) is 58.0 cm³/mol. The Morgan fingerprint density at radius 2 is 2.53 bits per heavy atom. The molecule has 1 fully saturated rings. The van der Waals surface area contributed by atoms with Crippen LogP contribution in [0.15, 0.2) is 18.3 Å². The van der Waals surface area contributed by atoms with Crippen molar-refractivity contribution in [3.8, 4) is 0 Å². The normalized spacial score (nSPS) is 21.7. The number of ether oxygens (including phenoxy) is 1. The maximum absolute atomic E-state index is 9.25. The minimum atomic E-state index is 0.0700. The maximum atomic E-state index is 9.25. The molecule has 1 aromatic rings. The van der Waals surface area contributed by atoms with Gasteiger partial charge in [-0.05, 0) is 19.1 Å². The summed E-state index contributed by atoms with van der Waals surface area (Å²) in [6.07, 6.45) is 1.80. The Labute approximate surface area is 89.5 Å². The molecule has 82 valence electrons. The zero-order valence-electron chi connectivity index (χ0n) is 8.89. The second kappa shape index (κ2) is 4.59. The highest BCUT2D eigenvalue weighted by Crippen LogP contribution is 2.19. The van der Waals surface area contributed by atoms with E-state index in [9.17, 15) is 5.11 Å². The van der Waals surface area contributed by atoms with E-state index in [1.807, 2.05) is 19.1 Å². The summed E-state index contributed by atoms with van der Waals surface area (Å²) >= 11 is 0. The number of aliphatic hydroxyl groups is 1. The summed E-state index contributed by atoms with van der Waals surface area (Å²) < 4.78 is 5.34. The molecular formula is C11H16N2O2. The van der Waals surface area contributed by atoms with Gasteiger partial charge in [-0.1, -0.05) is 0 Å². The molecule has 1 aromatic heterocycles. The molecule has 0 radical (unpaired) electrons. The van der Waals surface area contributed by atoms with Crippen LogP contribution in [-0.2, 0) is 4.74 Å². The van der Waals surface area contributed by atoms with E-state index in [0.717, 1.165) is 24.5 Å². The van der Waals surface area contributed by atoms with Crippen molar-refractivity contribution in [3.63, 3.8) is 0 Å². The summed E-state index contributed by atoms with van der Waals surface area (Å²) in [7, 11) is 0. The van der Waals surface area contributed by atoms with Crippen molar-refractivity contribution in [3.05, 3.63) is 24.0 Å². The van der Waals surface area contributed by atoms with Gasteiger partial charge < -0.3 is 14.7 Å². The molecule has 1 aliphatic heterocycles. The van der Waals surface area contributed by atoms with E-state index in [1.165, 1.54) is 0 Å². The summed E-state index contributed by atoms with van der Waals surface area (Å²) in [6, 6.07) is 4.08. The lowest BCUT2D eigenvalue weighted by Gasteiger charge is -2.36. The molecule has 1 aliphatic rings. The number of aliphatic hydroxyl groups excluding tert-OH is 1. The van der Waals surface area contributed by atoms with E-state index in [2.05, 4.69) is 9.88 Å². The van der Waals surface area contributed by atoms with Crippen molar-refractivity contribution in [2.45, 2.75) is 13.0 Å². The Bertz CT molecular complexity index is 330. The van der Waals surface area contributed by atoms with Crippen LogP contribution in [-0.4, -0.2) is 42.5 Å². The standard InChI is InChI=1S/C11H16N2O2/c1-9-6-10(2-3-12-9)13-4-5-15-8-11(13)7-14/h2-3,6,11,14H,4-5,7-8H2,1H3. The SMILES string of the molecule is Cc1cc(N2CCOCC2CO)ccn1. The van der Waals surface area contributed by atoms with Gasteiger partial charge in [-0.2, -0.15) is 0 Å². The zero-order chi connectivity index (χ0) is 10.7. The molecule has 0 aliphatic carbocycles. The molecule has 1 saturated heterocycles. The topological polar surface area (TPSA) is 45.6 Å². The number of nitrogens with zero attached hydrogens (tertiary/aromatic N) is 2. The summed E-state index contributed by atoms with van der Waals surface area (Å²) in [4.78, 5) is 6.34. The monoisotopic (exact) mass is 208 g/mol. The molecule has 15 heavy (non-hydrogen) atoms. The van der Waals surface area contributed by atoms with E-state index in [-0.39, 0.29) is 12.6 Å². The van der Waals surface area contributed by atoms with Crippen molar-refractivity contribution in [1.29, 1.82) is 0 Å². The Morgan fingerprint density at radius 1 is 1.67 bits per heavy atom. The third-order valence-electron chi connectivity index (χ3n) is 2.65. The number of hydrogen-bond donors (Lipinski definition) is 1. The summed E-state index contributed by atoms with van der Waals surface area (Å²) in [5.41, 5.74) is 2.11. The highest BCUT2D eigenvalue weighted by Gasteiger charge is 2.22. The fourth-order valence-electron chi connectivity index (χ4n) is 1.86. The minimum absolute atomic E-state index is 0.0700. The second-order valence-corrected chi connectivity index (χ2v) is 3.76. The molecule has 0 bridgehead atoms. The van der Waals surface area contributed by atoms with Crippen LogP contribution < -0.4 is 4.90 Å². The van der Waals surface area contributed by atoms with Gasteiger partial charge in [0.15, 0.2) is 0 Å². The molecule has 0 saturated carbocycles. The molecule has 1 N–H and O–H groups in total. The van der Waals surface area contributed by atoms with Crippen LogP contribution in [0.2, 0.25) is 0 Å². The van der Waals surface area contributed by atoms with Crippen molar-refractivity contribution < 1.29 is 9.84 Å². The molecule has 0 amide bonds. The average molecular weight is 208 g/mol. The number of aromatic nitrogens is 1. The van der Waals surface area contributed by atoms with Gasteiger partial charge in [0.1, 0.15) is 0 Å². The predicted octanol–water partition coefficient (Wildman–Crippen LogP) is 0.588. The number of aryl methyl sites for hydroxylation is 1. The van der Waals surface area contributed by atoms with E-state index in [1.54, 1.807) is 6.20 Å². The van der Waals surface area contributed by atoms with Gasteiger partial charge in [-0.25, -0.2) is 0 Å². The van der Waals surface area contributed by atoms with Crippen LogP contribution in [0, 0.1) is 6.92 Å². The lowest BCUT2D eigenvalue weighted by molar-refractivity contribution is 0.0727. The highest BCUT2D eigenvalue weighted by atomic mass is 16.5. The van der Waals surface area contributed by atoms with Crippen LogP contribution >= 0.6 is 0 Å². The van der Waals surface area contributed by atoms with E-state index < -0.39 is 0 Å². The van der Waals surface area contributed by atoms with E-state index in [0.29, 0.717) is 6.61 Å². The second-order valence-electron chi connectivity index (χ2n) is 3.76. The van der Waals surface area contributed by atoms with E-state index >= 15 is 0 Å². The molecule has 2 heterocycles. The fourth-order valence-corrected chi connectivity index (χ4v) is 1.86. The first-order valence-electron chi connectivity index (χ1n) is 5.19. The first kappa shape index (κ1) is 10.4. The largest absolute Gasteiger partial charge is 0.394 e. The first-order chi connectivity index (χ1) is 7.31. The quantitative estimate of drug-likeness (QED) is 0.772. The molecule has 1 unspecified atom stereocenters. The van der Waals surface area contributed by atoms with Gasteiger partial charge in [0.25, 0.3) is 0 Å². The molecular weight excluding hydrogens is 192 g/mol. The van der Waals surface area contributed by atoms with Crippen molar-refractivity contribution in [1.82, 2.24) is 4.98 Å². The van der Waals surface area contributed by atoms with Gasteiger partial charge in [-0.15, -0.1) is 0 Å². The highest BCUT2D eigenvalue weighted by molar-refractivity contribution is 5.47. The minimum Gasteiger partial charge on any atom is -0.394 e. The van der Waals surface area contributed by atoms with Crippen molar-refractivity contribution in [2.75, 3.05) is 31.3 Å². The zero-order valence-corrected chi connectivity index (χ0v) is 8.89. The lowest BCUT2D eigenvalue weighted by atomic mass is 10.2. The number of hydrogen-bond acceptors (Lipinski definition) is 4. The average Bonchev–Trinajstić information content (AvgIpc) is 2.29. The van der Waals surface area contributed by atoms with Crippen molar-refractivity contribution >= 4 is 5.69 Å². The van der Waals surface area contributed by atoms with Gasteiger partial charge in [-0.3, -0.25) is 4.98 Å². The van der Waals surface area contributed by atoms with Crippen LogP contribution in [0.4, 0.5) is 5.69 Å².